The Morgan fingerprint density at radius 3 is 2.53 bits per heavy atom. The Kier molecular flexibility index (Phi) is 6.95. The average Bonchev–Trinajstić information content (AvgIpc) is 3.49. The number of benzene rings is 1. The molecule has 2 aliphatic carbocycles. The lowest BCUT2D eigenvalue weighted by molar-refractivity contribution is 0.0513. The zero-order valence-corrected chi connectivity index (χ0v) is 21.2. The van der Waals surface area contributed by atoms with E-state index in [1.807, 2.05) is 0 Å². The molecule has 5 rings (SSSR count). The van der Waals surface area contributed by atoms with Gasteiger partial charge in [0.15, 0.2) is 0 Å². The maximum absolute atomic E-state index is 13.5. The van der Waals surface area contributed by atoms with E-state index in [1.54, 1.807) is 7.05 Å². The van der Waals surface area contributed by atoms with E-state index in [4.69, 9.17) is 17.3 Å². The largest absolute Gasteiger partial charge is 0.388 e. The molecular formula is C25H27ClF3N7O2. The Hall–Kier alpha value is -3.38. The number of anilines is 3. The lowest BCUT2D eigenvalue weighted by atomic mass is 9.91. The van der Waals surface area contributed by atoms with E-state index in [0.717, 1.165) is 25.2 Å². The number of nitrogens with one attached hydrogen (secondary N) is 2. The number of carbonyl (C=O) groups is 1. The van der Waals surface area contributed by atoms with Crippen LogP contribution in [-0.2, 0) is 7.05 Å². The Bertz CT molecular complexity index is 1340. The van der Waals surface area contributed by atoms with E-state index in [1.165, 1.54) is 22.9 Å². The number of alkyl halides is 2. The van der Waals surface area contributed by atoms with Crippen molar-refractivity contribution < 1.29 is 23.1 Å². The van der Waals surface area contributed by atoms with Crippen molar-refractivity contribution in [2.24, 2.45) is 18.9 Å². The van der Waals surface area contributed by atoms with E-state index < -0.39 is 23.8 Å². The van der Waals surface area contributed by atoms with Gasteiger partial charge in [-0.3, -0.25) is 9.48 Å². The summed E-state index contributed by atoms with van der Waals surface area (Å²) in [7, 11) is 1.67. The van der Waals surface area contributed by atoms with Gasteiger partial charge in [-0.15, -0.1) is 0 Å². The summed E-state index contributed by atoms with van der Waals surface area (Å²) >= 11 is 5.84. The highest BCUT2D eigenvalue weighted by atomic mass is 35.5. The summed E-state index contributed by atoms with van der Waals surface area (Å²) in [4.78, 5) is 21.0. The summed E-state index contributed by atoms with van der Waals surface area (Å²) in [6.45, 7) is 0.198. The van der Waals surface area contributed by atoms with Crippen molar-refractivity contribution in [3.05, 3.63) is 58.3 Å². The molecule has 2 fully saturated rings. The number of aliphatic hydroxyl groups is 1. The highest BCUT2D eigenvalue weighted by Gasteiger charge is 2.50. The van der Waals surface area contributed by atoms with Crippen LogP contribution in [0.5, 0.6) is 0 Å². The lowest BCUT2D eigenvalue weighted by Crippen LogP contribution is -2.35. The van der Waals surface area contributed by atoms with Gasteiger partial charge in [-0.1, -0.05) is 11.6 Å². The number of halogens is 4. The van der Waals surface area contributed by atoms with Crippen molar-refractivity contribution in [1.82, 2.24) is 19.7 Å². The monoisotopic (exact) mass is 549 g/mol. The molecule has 202 valence electrons. The molecule has 2 saturated carbocycles. The van der Waals surface area contributed by atoms with E-state index >= 15 is 0 Å². The molecule has 2 unspecified atom stereocenters. The Morgan fingerprint density at radius 2 is 1.92 bits per heavy atom. The minimum Gasteiger partial charge on any atom is -0.388 e. The average molecular weight is 550 g/mol. The number of rotatable bonds is 7. The van der Waals surface area contributed by atoms with Gasteiger partial charge in [0.1, 0.15) is 17.2 Å². The maximum Gasteiger partial charge on any atom is 0.266 e. The molecule has 1 aromatic carbocycles. The van der Waals surface area contributed by atoms with Gasteiger partial charge in [0.05, 0.1) is 21.9 Å². The number of fused-ring (bicyclic) bond motifs is 1. The van der Waals surface area contributed by atoms with Gasteiger partial charge in [0.2, 0.25) is 5.95 Å². The van der Waals surface area contributed by atoms with Gasteiger partial charge in [0, 0.05) is 37.6 Å². The minimum absolute atomic E-state index is 0.0196. The quantitative estimate of drug-likeness (QED) is 0.341. The van der Waals surface area contributed by atoms with Gasteiger partial charge in [-0.05, 0) is 55.7 Å². The molecule has 2 aromatic heterocycles. The number of nitrogens with two attached hydrogens (primary N) is 1. The molecule has 0 saturated heterocycles. The smallest absolute Gasteiger partial charge is 0.266 e. The zero-order valence-electron chi connectivity index (χ0n) is 20.5. The molecule has 38 heavy (non-hydrogen) atoms. The van der Waals surface area contributed by atoms with Crippen LogP contribution in [0.3, 0.4) is 0 Å². The maximum atomic E-state index is 13.5. The summed E-state index contributed by atoms with van der Waals surface area (Å²) in [5.74, 6) is -0.233. The van der Waals surface area contributed by atoms with Crippen molar-refractivity contribution in [2.45, 2.75) is 43.6 Å². The first-order valence-electron chi connectivity index (χ1n) is 12.2. The van der Waals surface area contributed by atoms with Crippen molar-refractivity contribution in [3.63, 3.8) is 0 Å². The molecule has 0 bridgehead atoms. The van der Waals surface area contributed by atoms with Crippen LogP contribution in [0.25, 0.3) is 0 Å². The normalized spacial score (nSPS) is 24.6. The number of aryl methyl sites for hydroxylation is 1. The number of nitrogen functional groups attached to an aromatic ring is 1. The molecule has 0 aliphatic heterocycles. The van der Waals surface area contributed by atoms with Gasteiger partial charge >= 0.3 is 0 Å². The molecule has 3 aromatic rings. The van der Waals surface area contributed by atoms with Crippen LogP contribution in [-0.4, -0.2) is 42.9 Å². The SMILES string of the molecule is Cn1nc(C2CC3CC(O)(CNc4ncc(C(F)F)cn4)CC3C2)c(C(=O)Nc2ccc(F)c(Cl)c2)c1N. The van der Waals surface area contributed by atoms with E-state index in [9.17, 15) is 23.1 Å². The number of amides is 1. The number of aromatic nitrogens is 4. The minimum atomic E-state index is -2.64. The van der Waals surface area contributed by atoms with Gasteiger partial charge in [-0.25, -0.2) is 23.1 Å². The standard InChI is InChI=1S/C25H27ClF3N7O2/c1-36-22(30)19(23(37)34-16-2-3-18(27)17(26)6-16)20(35-36)12-4-13-7-25(38,8-14(13)5-12)11-33-24-31-9-15(10-32-24)21(28)29/h2-3,6,9-10,12-14,21,38H,4-5,7-8,11,30H2,1H3,(H,34,37)(H,31,32,33). The molecule has 13 heteroatoms. The molecule has 2 atom stereocenters. The second-order valence-corrected chi connectivity index (χ2v) is 10.6. The summed E-state index contributed by atoms with van der Waals surface area (Å²) in [6, 6.07) is 3.91. The molecule has 1 amide bonds. The van der Waals surface area contributed by atoms with Gasteiger partial charge < -0.3 is 21.5 Å². The topological polar surface area (TPSA) is 131 Å². The Morgan fingerprint density at radius 1 is 1.26 bits per heavy atom. The zero-order chi connectivity index (χ0) is 27.2. The Labute approximate surface area is 221 Å². The second-order valence-electron chi connectivity index (χ2n) is 10.2. The summed E-state index contributed by atoms with van der Waals surface area (Å²) in [5.41, 5.74) is 6.17. The number of nitrogens with zero attached hydrogens (tertiary/aromatic N) is 4. The van der Waals surface area contributed by atoms with Crippen molar-refractivity contribution in [1.29, 1.82) is 0 Å². The van der Waals surface area contributed by atoms with Crippen LogP contribution in [0.2, 0.25) is 5.02 Å². The third kappa shape index (κ3) is 5.14. The molecule has 0 radical (unpaired) electrons. The van der Waals surface area contributed by atoms with Crippen LogP contribution >= 0.6 is 11.6 Å². The van der Waals surface area contributed by atoms with E-state index in [0.29, 0.717) is 24.2 Å². The summed E-state index contributed by atoms with van der Waals surface area (Å²) in [6.07, 6.45) is 2.02. The molecule has 9 nitrogen and oxygen atoms in total. The third-order valence-corrected chi connectivity index (χ3v) is 7.82. The number of hydrogen-bond acceptors (Lipinski definition) is 7. The Balaban J connectivity index is 1.24. The lowest BCUT2D eigenvalue weighted by Gasteiger charge is -2.25. The van der Waals surface area contributed by atoms with Crippen LogP contribution in [0.4, 0.5) is 30.6 Å². The van der Waals surface area contributed by atoms with Crippen molar-refractivity contribution >= 4 is 35.0 Å². The van der Waals surface area contributed by atoms with Gasteiger partial charge in [0.25, 0.3) is 12.3 Å². The third-order valence-electron chi connectivity index (χ3n) is 7.53. The van der Waals surface area contributed by atoms with Gasteiger partial charge in [-0.2, -0.15) is 5.10 Å². The van der Waals surface area contributed by atoms with Crippen molar-refractivity contribution in [3.8, 4) is 0 Å². The molecule has 2 heterocycles. The van der Waals surface area contributed by atoms with Crippen LogP contribution in [0.15, 0.2) is 30.6 Å². The molecular weight excluding hydrogens is 523 g/mol. The second kappa shape index (κ2) is 10.1. The predicted octanol–water partition coefficient (Wildman–Crippen LogP) is 4.52. The first kappa shape index (κ1) is 26.2. The first-order chi connectivity index (χ1) is 18.0. The van der Waals surface area contributed by atoms with E-state index in [-0.39, 0.29) is 52.2 Å². The fraction of sp³-hybridized carbons (Fsp3) is 0.440. The highest BCUT2D eigenvalue weighted by Crippen LogP contribution is 2.54. The van der Waals surface area contributed by atoms with Crippen LogP contribution in [0.1, 0.15) is 59.6 Å². The fourth-order valence-electron chi connectivity index (χ4n) is 5.77. The van der Waals surface area contributed by atoms with E-state index in [2.05, 4.69) is 25.7 Å². The van der Waals surface area contributed by atoms with Crippen LogP contribution < -0.4 is 16.4 Å². The summed E-state index contributed by atoms with van der Waals surface area (Å²) < 4.78 is 40.4. The number of hydrogen-bond donors (Lipinski definition) is 4. The first-order valence-corrected chi connectivity index (χ1v) is 12.6. The fourth-order valence-corrected chi connectivity index (χ4v) is 5.95. The molecule has 2 aliphatic rings. The number of carbonyl (C=O) groups excluding carboxylic acids is 1. The summed E-state index contributed by atoms with van der Waals surface area (Å²) in [5, 5.41) is 21.3. The van der Waals surface area contributed by atoms with Crippen LogP contribution in [0, 0.1) is 17.7 Å². The predicted molar refractivity (Wildman–Crippen MR) is 136 cm³/mol. The highest BCUT2D eigenvalue weighted by molar-refractivity contribution is 6.31. The molecule has 5 N–H and O–H groups in total. The van der Waals surface area contributed by atoms with Crippen molar-refractivity contribution in [2.75, 3.05) is 22.9 Å². The molecule has 0 spiro atoms.